The Morgan fingerprint density at radius 2 is 2.15 bits per heavy atom. The molecule has 1 aliphatic rings. The molecule has 0 unspecified atom stereocenters. The number of ether oxygens (including phenoxy) is 1. The molecule has 3 aromatic heterocycles. The van der Waals surface area contributed by atoms with Crippen molar-refractivity contribution in [3.8, 4) is 0 Å². The summed E-state index contributed by atoms with van der Waals surface area (Å²) in [5, 5.41) is 4.34. The Bertz CT molecular complexity index is 969. The number of pyridine rings is 1. The van der Waals surface area contributed by atoms with Gasteiger partial charge in [0, 0.05) is 24.0 Å². The van der Waals surface area contributed by atoms with E-state index < -0.39 is 0 Å². The smallest absolute Gasteiger partial charge is 0.415 e. The Morgan fingerprint density at radius 3 is 2.96 bits per heavy atom. The summed E-state index contributed by atoms with van der Waals surface area (Å²) in [6, 6.07) is 5.72. The molecule has 8 heteroatoms. The lowest BCUT2D eigenvalue weighted by Crippen LogP contribution is -2.37. The SMILES string of the molecule is CC(C)[C@H]1COC(=O)N1c1ccnc(N[C@@H](C)c2cnc3[nH]ccc3c2)n1. The first-order valence-corrected chi connectivity index (χ1v) is 9.01. The number of aromatic amines is 1. The number of carbonyl (C=O) groups excluding carboxylic acids is 1. The molecule has 0 radical (unpaired) electrons. The van der Waals surface area contributed by atoms with E-state index in [1.165, 1.54) is 0 Å². The van der Waals surface area contributed by atoms with E-state index in [0.717, 1.165) is 16.6 Å². The van der Waals surface area contributed by atoms with E-state index in [1.54, 1.807) is 17.2 Å². The van der Waals surface area contributed by atoms with Gasteiger partial charge < -0.3 is 15.0 Å². The van der Waals surface area contributed by atoms with Gasteiger partial charge in [-0.05, 0) is 36.6 Å². The number of nitrogens with zero attached hydrogens (tertiary/aromatic N) is 4. The third-order valence-corrected chi connectivity index (χ3v) is 4.83. The van der Waals surface area contributed by atoms with E-state index >= 15 is 0 Å². The third kappa shape index (κ3) is 3.30. The second-order valence-corrected chi connectivity index (χ2v) is 7.05. The number of amides is 1. The Balaban J connectivity index is 1.56. The average Bonchev–Trinajstić information content (AvgIpc) is 3.27. The van der Waals surface area contributed by atoms with Crippen molar-refractivity contribution < 1.29 is 9.53 Å². The van der Waals surface area contributed by atoms with Crippen LogP contribution in [-0.2, 0) is 4.74 Å². The van der Waals surface area contributed by atoms with Crippen LogP contribution in [0.25, 0.3) is 11.0 Å². The predicted octanol–water partition coefficient (Wildman–Crippen LogP) is 3.51. The predicted molar refractivity (Wildman–Crippen MR) is 103 cm³/mol. The molecule has 0 aromatic carbocycles. The van der Waals surface area contributed by atoms with Gasteiger partial charge in [0.05, 0.1) is 12.1 Å². The summed E-state index contributed by atoms with van der Waals surface area (Å²) in [6.07, 6.45) is 4.97. The van der Waals surface area contributed by atoms with Crippen molar-refractivity contribution in [2.24, 2.45) is 5.92 Å². The van der Waals surface area contributed by atoms with Crippen LogP contribution in [0, 0.1) is 5.92 Å². The molecule has 0 saturated carbocycles. The van der Waals surface area contributed by atoms with Gasteiger partial charge in [-0.25, -0.2) is 14.8 Å². The molecule has 8 nitrogen and oxygen atoms in total. The average molecular weight is 366 g/mol. The minimum absolute atomic E-state index is 0.0297. The molecule has 1 aliphatic heterocycles. The summed E-state index contributed by atoms with van der Waals surface area (Å²) in [5.41, 5.74) is 1.88. The van der Waals surface area contributed by atoms with Crippen molar-refractivity contribution in [2.75, 3.05) is 16.8 Å². The van der Waals surface area contributed by atoms with E-state index in [-0.39, 0.29) is 24.1 Å². The fraction of sp³-hybridized carbons (Fsp3) is 0.368. The van der Waals surface area contributed by atoms with E-state index in [1.807, 2.05) is 25.4 Å². The molecular weight excluding hydrogens is 344 g/mol. The van der Waals surface area contributed by atoms with Crippen molar-refractivity contribution in [1.82, 2.24) is 19.9 Å². The Morgan fingerprint density at radius 1 is 1.30 bits per heavy atom. The van der Waals surface area contributed by atoms with Gasteiger partial charge in [-0.15, -0.1) is 0 Å². The van der Waals surface area contributed by atoms with E-state index in [0.29, 0.717) is 18.4 Å². The Kier molecular flexibility index (Phi) is 4.39. The van der Waals surface area contributed by atoms with Crippen molar-refractivity contribution in [3.63, 3.8) is 0 Å². The van der Waals surface area contributed by atoms with E-state index in [4.69, 9.17) is 4.74 Å². The molecular formula is C19H22N6O2. The first-order chi connectivity index (χ1) is 13.0. The van der Waals surface area contributed by atoms with Crippen LogP contribution < -0.4 is 10.2 Å². The van der Waals surface area contributed by atoms with E-state index in [9.17, 15) is 4.79 Å². The molecule has 0 bridgehead atoms. The first-order valence-electron chi connectivity index (χ1n) is 9.01. The third-order valence-electron chi connectivity index (χ3n) is 4.83. The zero-order valence-electron chi connectivity index (χ0n) is 15.5. The lowest BCUT2D eigenvalue weighted by Gasteiger charge is -2.23. The van der Waals surface area contributed by atoms with Gasteiger partial charge in [0.1, 0.15) is 18.1 Å². The molecule has 0 spiro atoms. The maximum absolute atomic E-state index is 12.2. The zero-order chi connectivity index (χ0) is 19.0. The fourth-order valence-electron chi connectivity index (χ4n) is 3.21. The molecule has 0 aliphatic carbocycles. The van der Waals surface area contributed by atoms with Gasteiger partial charge in [0.2, 0.25) is 5.95 Å². The number of cyclic esters (lactones) is 1. The second-order valence-electron chi connectivity index (χ2n) is 7.05. The summed E-state index contributed by atoms with van der Waals surface area (Å²) in [6.45, 7) is 6.52. The molecule has 3 aromatic rings. The summed E-state index contributed by atoms with van der Waals surface area (Å²) in [7, 11) is 0. The lowest BCUT2D eigenvalue weighted by molar-refractivity contribution is 0.177. The Labute approximate surface area is 157 Å². The van der Waals surface area contributed by atoms with Crippen LogP contribution in [-0.4, -0.2) is 38.7 Å². The zero-order valence-corrected chi connectivity index (χ0v) is 15.5. The molecule has 1 amide bonds. The number of carbonyl (C=O) groups is 1. The largest absolute Gasteiger partial charge is 0.447 e. The van der Waals surface area contributed by atoms with Crippen LogP contribution in [0.15, 0.2) is 36.8 Å². The minimum atomic E-state index is -0.367. The Hall–Kier alpha value is -3.16. The lowest BCUT2D eigenvalue weighted by atomic mass is 10.0. The number of aromatic nitrogens is 4. The normalized spacial score (nSPS) is 18.1. The van der Waals surface area contributed by atoms with Gasteiger partial charge in [0.15, 0.2) is 0 Å². The monoisotopic (exact) mass is 366 g/mol. The molecule has 4 rings (SSSR count). The van der Waals surface area contributed by atoms with E-state index in [2.05, 4.69) is 45.2 Å². The van der Waals surface area contributed by atoms with Gasteiger partial charge in [-0.3, -0.25) is 4.90 Å². The standard InChI is InChI=1S/C19H22N6O2/c1-11(2)15-10-27-19(26)25(15)16-5-7-21-18(24-16)23-12(3)14-8-13-4-6-20-17(13)22-9-14/h4-9,11-12,15H,10H2,1-3H3,(H,20,22)(H,21,23,24)/t12-,15+/m0/s1. The molecule has 1 saturated heterocycles. The number of hydrogen-bond acceptors (Lipinski definition) is 6. The van der Waals surface area contributed by atoms with Gasteiger partial charge >= 0.3 is 6.09 Å². The molecule has 4 heterocycles. The van der Waals surface area contributed by atoms with Crippen molar-refractivity contribution in [2.45, 2.75) is 32.9 Å². The van der Waals surface area contributed by atoms with Gasteiger partial charge in [-0.2, -0.15) is 4.98 Å². The highest BCUT2D eigenvalue weighted by molar-refractivity contribution is 5.89. The maximum Gasteiger partial charge on any atom is 0.415 e. The highest BCUT2D eigenvalue weighted by Crippen LogP contribution is 2.27. The first kappa shape index (κ1) is 17.3. The van der Waals surface area contributed by atoms with Crippen LogP contribution in [0.1, 0.15) is 32.4 Å². The second kappa shape index (κ2) is 6.86. The number of hydrogen-bond donors (Lipinski definition) is 2. The van der Waals surface area contributed by atoms with Crippen LogP contribution in [0.4, 0.5) is 16.6 Å². The molecule has 140 valence electrons. The van der Waals surface area contributed by atoms with Gasteiger partial charge in [-0.1, -0.05) is 13.8 Å². The van der Waals surface area contributed by atoms with Crippen molar-refractivity contribution in [3.05, 3.63) is 42.4 Å². The number of anilines is 2. The summed E-state index contributed by atoms with van der Waals surface area (Å²) in [4.78, 5) is 30.1. The quantitative estimate of drug-likeness (QED) is 0.717. The number of H-pyrrole nitrogens is 1. The minimum Gasteiger partial charge on any atom is -0.447 e. The fourth-order valence-corrected chi connectivity index (χ4v) is 3.21. The molecule has 27 heavy (non-hydrogen) atoms. The summed E-state index contributed by atoms with van der Waals surface area (Å²) >= 11 is 0. The number of rotatable bonds is 5. The highest BCUT2D eigenvalue weighted by Gasteiger charge is 2.37. The van der Waals surface area contributed by atoms with Gasteiger partial charge in [0.25, 0.3) is 0 Å². The van der Waals surface area contributed by atoms with Crippen LogP contribution >= 0.6 is 0 Å². The maximum atomic E-state index is 12.2. The topological polar surface area (TPSA) is 96.0 Å². The molecule has 1 fully saturated rings. The molecule has 2 N–H and O–H groups in total. The number of nitrogens with one attached hydrogen (secondary N) is 2. The highest BCUT2D eigenvalue weighted by atomic mass is 16.6. The van der Waals surface area contributed by atoms with Crippen molar-refractivity contribution in [1.29, 1.82) is 0 Å². The summed E-state index contributed by atoms with van der Waals surface area (Å²) < 4.78 is 5.21. The van der Waals surface area contributed by atoms with Crippen LogP contribution in [0.3, 0.4) is 0 Å². The number of fused-ring (bicyclic) bond motifs is 1. The van der Waals surface area contributed by atoms with Crippen LogP contribution in [0.2, 0.25) is 0 Å². The molecule has 2 atom stereocenters. The van der Waals surface area contributed by atoms with Crippen LogP contribution in [0.5, 0.6) is 0 Å². The van der Waals surface area contributed by atoms with Crippen molar-refractivity contribution >= 4 is 28.9 Å². The summed E-state index contributed by atoms with van der Waals surface area (Å²) in [5.74, 6) is 1.26.